The van der Waals surface area contributed by atoms with Gasteiger partial charge in [-0.3, -0.25) is 0 Å². The lowest BCUT2D eigenvalue weighted by Crippen LogP contribution is -2.16. The molecule has 2 aromatic rings. The fourth-order valence-electron chi connectivity index (χ4n) is 1.63. The van der Waals surface area contributed by atoms with E-state index in [4.69, 9.17) is 0 Å². The second-order valence-electron chi connectivity index (χ2n) is 3.82. The van der Waals surface area contributed by atoms with Crippen LogP contribution in [0.4, 0.5) is 0 Å². The molecule has 100 valence electrons. The van der Waals surface area contributed by atoms with E-state index < -0.39 is 0 Å². The van der Waals surface area contributed by atoms with Gasteiger partial charge in [-0.2, -0.15) is 0 Å². The van der Waals surface area contributed by atoms with Crippen molar-refractivity contribution in [3.05, 3.63) is 54.6 Å². The third kappa shape index (κ3) is 5.64. The molecule has 1 N–H and O–H groups in total. The Balaban J connectivity index is 0.00000103. The molecule has 0 saturated carbocycles. The molecule has 0 radical (unpaired) electrons. The fraction of sp³-hybridized carbons (Fsp3) is 0.400. The number of aryl methyl sites for hydroxylation is 1. The minimum absolute atomic E-state index is 0. The van der Waals surface area contributed by atoms with Crippen LogP contribution in [-0.4, -0.2) is 16.1 Å². The molecule has 0 aliphatic heterocycles. The molecule has 0 spiro atoms. The summed E-state index contributed by atoms with van der Waals surface area (Å²) >= 11 is 0. The molecule has 0 amide bonds. The number of benzene rings is 1. The minimum atomic E-state index is 0. The molecule has 0 aliphatic carbocycles. The number of imidazole rings is 1. The summed E-state index contributed by atoms with van der Waals surface area (Å²) in [7, 11) is 0. The maximum Gasteiger partial charge on any atom is 0.0945 e. The van der Waals surface area contributed by atoms with Crippen LogP contribution < -0.4 is 5.32 Å². The number of hydrogen-bond acceptors (Lipinski definition) is 2. The van der Waals surface area contributed by atoms with E-state index in [1.165, 1.54) is 5.56 Å². The van der Waals surface area contributed by atoms with Gasteiger partial charge >= 0.3 is 0 Å². The Morgan fingerprint density at radius 2 is 2.00 bits per heavy atom. The topological polar surface area (TPSA) is 29.9 Å². The van der Waals surface area contributed by atoms with Crippen molar-refractivity contribution in [3.63, 3.8) is 0 Å². The SMILES string of the molecule is CC.[HH].c1ccc(CNCCCn2ccnc2)cc1. The van der Waals surface area contributed by atoms with E-state index >= 15 is 0 Å². The van der Waals surface area contributed by atoms with Gasteiger partial charge in [-0.25, -0.2) is 4.98 Å². The summed E-state index contributed by atoms with van der Waals surface area (Å²) < 4.78 is 2.10. The molecule has 0 atom stereocenters. The third-order valence-electron chi connectivity index (χ3n) is 2.50. The smallest absolute Gasteiger partial charge is 0.0945 e. The van der Waals surface area contributed by atoms with Crippen molar-refractivity contribution in [2.24, 2.45) is 0 Å². The van der Waals surface area contributed by atoms with Crippen LogP contribution in [0, 0.1) is 0 Å². The van der Waals surface area contributed by atoms with Gasteiger partial charge < -0.3 is 9.88 Å². The first-order chi connectivity index (χ1) is 8.95. The number of nitrogens with zero attached hydrogens (tertiary/aromatic N) is 2. The summed E-state index contributed by atoms with van der Waals surface area (Å²) in [5.74, 6) is 0. The van der Waals surface area contributed by atoms with E-state index in [0.717, 1.165) is 26.1 Å². The largest absolute Gasteiger partial charge is 0.337 e. The van der Waals surface area contributed by atoms with Crippen molar-refractivity contribution in [2.45, 2.75) is 33.4 Å². The first kappa shape index (κ1) is 14.5. The average Bonchev–Trinajstić information content (AvgIpc) is 2.95. The standard InChI is InChI=1S/C13H17N3.C2H6.H2/c1-2-5-13(6-3-1)11-14-7-4-9-16-10-8-15-12-16;1-2;/h1-3,5-6,8,10,12,14H,4,7,9,11H2;1-2H3;1H. The van der Waals surface area contributed by atoms with Gasteiger partial charge in [0.05, 0.1) is 6.33 Å². The van der Waals surface area contributed by atoms with Gasteiger partial charge in [0.15, 0.2) is 0 Å². The third-order valence-corrected chi connectivity index (χ3v) is 2.50. The van der Waals surface area contributed by atoms with Gasteiger partial charge in [0.1, 0.15) is 0 Å². The summed E-state index contributed by atoms with van der Waals surface area (Å²) in [6.45, 7) is 7.01. The Kier molecular flexibility index (Phi) is 7.57. The molecular weight excluding hydrogens is 222 g/mol. The highest BCUT2D eigenvalue weighted by Crippen LogP contribution is 1.97. The lowest BCUT2D eigenvalue weighted by atomic mass is 10.2. The summed E-state index contributed by atoms with van der Waals surface area (Å²) in [6.07, 6.45) is 6.80. The number of nitrogens with one attached hydrogen (secondary N) is 1. The molecule has 18 heavy (non-hydrogen) atoms. The molecule has 0 bridgehead atoms. The van der Waals surface area contributed by atoms with Crippen LogP contribution in [0.25, 0.3) is 0 Å². The van der Waals surface area contributed by atoms with E-state index in [-0.39, 0.29) is 1.43 Å². The van der Waals surface area contributed by atoms with Gasteiger partial charge in [-0.15, -0.1) is 0 Å². The fourth-order valence-corrected chi connectivity index (χ4v) is 1.63. The normalized spacial score (nSPS) is 9.67. The van der Waals surface area contributed by atoms with E-state index in [2.05, 4.69) is 39.1 Å². The summed E-state index contributed by atoms with van der Waals surface area (Å²) in [6, 6.07) is 10.5. The van der Waals surface area contributed by atoms with Crippen molar-refractivity contribution in [1.29, 1.82) is 0 Å². The van der Waals surface area contributed by atoms with E-state index in [0.29, 0.717) is 0 Å². The van der Waals surface area contributed by atoms with Gasteiger partial charge in [0, 0.05) is 26.9 Å². The Morgan fingerprint density at radius 1 is 1.22 bits per heavy atom. The highest BCUT2D eigenvalue weighted by Gasteiger charge is 1.92. The Labute approximate surface area is 111 Å². The first-order valence-electron chi connectivity index (χ1n) is 6.65. The minimum Gasteiger partial charge on any atom is -0.337 e. The summed E-state index contributed by atoms with van der Waals surface area (Å²) in [5, 5.41) is 3.43. The molecule has 1 heterocycles. The van der Waals surface area contributed by atoms with Gasteiger partial charge in [-0.05, 0) is 18.5 Å². The quantitative estimate of drug-likeness (QED) is 0.793. The van der Waals surface area contributed by atoms with Crippen LogP contribution in [0.2, 0.25) is 0 Å². The molecular formula is C15H25N3. The zero-order valence-electron chi connectivity index (χ0n) is 11.3. The zero-order valence-corrected chi connectivity index (χ0v) is 11.3. The molecule has 2 rings (SSSR count). The summed E-state index contributed by atoms with van der Waals surface area (Å²) in [4.78, 5) is 4.01. The van der Waals surface area contributed by atoms with E-state index in [1.54, 1.807) is 0 Å². The summed E-state index contributed by atoms with van der Waals surface area (Å²) in [5.41, 5.74) is 1.34. The second kappa shape index (κ2) is 9.42. The van der Waals surface area contributed by atoms with Gasteiger partial charge in [0.25, 0.3) is 0 Å². The molecule has 3 nitrogen and oxygen atoms in total. The second-order valence-corrected chi connectivity index (χ2v) is 3.82. The molecule has 1 aromatic carbocycles. The maximum atomic E-state index is 4.01. The molecule has 0 fully saturated rings. The molecule has 0 aliphatic rings. The molecule has 1 aromatic heterocycles. The molecule has 0 saturated heterocycles. The number of rotatable bonds is 6. The van der Waals surface area contributed by atoms with E-state index in [1.807, 2.05) is 38.6 Å². The number of hydrogen-bond donors (Lipinski definition) is 1. The van der Waals surface area contributed by atoms with Crippen molar-refractivity contribution < 1.29 is 1.43 Å². The first-order valence-corrected chi connectivity index (χ1v) is 6.65. The highest BCUT2D eigenvalue weighted by molar-refractivity contribution is 5.14. The van der Waals surface area contributed by atoms with Crippen molar-refractivity contribution in [2.75, 3.05) is 6.54 Å². The average molecular weight is 247 g/mol. The maximum absolute atomic E-state index is 4.01. The zero-order chi connectivity index (χ0) is 13.1. The van der Waals surface area contributed by atoms with Crippen LogP contribution in [0.5, 0.6) is 0 Å². The van der Waals surface area contributed by atoms with Crippen molar-refractivity contribution in [3.8, 4) is 0 Å². The predicted molar refractivity (Wildman–Crippen MR) is 78.5 cm³/mol. The van der Waals surface area contributed by atoms with Crippen molar-refractivity contribution >= 4 is 0 Å². The lowest BCUT2D eigenvalue weighted by Gasteiger charge is -2.05. The van der Waals surface area contributed by atoms with Crippen LogP contribution >= 0.6 is 0 Å². The van der Waals surface area contributed by atoms with Crippen LogP contribution in [-0.2, 0) is 13.1 Å². The molecule has 0 unspecified atom stereocenters. The van der Waals surface area contributed by atoms with Crippen LogP contribution in [0.15, 0.2) is 49.1 Å². The van der Waals surface area contributed by atoms with E-state index in [9.17, 15) is 0 Å². The number of aromatic nitrogens is 2. The highest BCUT2D eigenvalue weighted by atomic mass is 15.0. The Bertz CT molecular complexity index is 387. The monoisotopic (exact) mass is 247 g/mol. The Hall–Kier alpha value is -1.61. The van der Waals surface area contributed by atoms with Gasteiger partial charge in [-0.1, -0.05) is 44.2 Å². The Morgan fingerprint density at radius 3 is 2.67 bits per heavy atom. The molecule has 3 heteroatoms. The van der Waals surface area contributed by atoms with Gasteiger partial charge in [0.2, 0.25) is 0 Å². The lowest BCUT2D eigenvalue weighted by molar-refractivity contribution is 0.581. The van der Waals surface area contributed by atoms with Crippen molar-refractivity contribution in [1.82, 2.24) is 14.9 Å². The predicted octanol–water partition coefficient (Wildman–Crippen LogP) is 3.34. The van der Waals surface area contributed by atoms with Crippen LogP contribution in [0.1, 0.15) is 27.3 Å². The van der Waals surface area contributed by atoms with Crippen LogP contribution in [0.3, 0.4) is 0 Å².